The van der Waals surface area contributed by atoms with E-state index in [0.717, 1.165) is 67.2 Å². The van der Waals surface area contributed by atoms with Crippen molar-refractivity contribution < 1.29 is 14.6 Å². The highest BCUT2D eigenvalue weighted by Gasteiger charge is 2.23. The van der Waals surface area contributed by atoms with Crippen molar-refractivity contribution in [3.05, 3.63) is 94.6 Å². The summed E-state index contributed by atoms with van der Waals surface area (Å²) in [6.45, 7) is 4.66. The second-order valence-corrected chi connectivity index (χ2v) is 10.4. The van der Waals surface area contributed by atoms with Gasteiger partial charge >= 0.3 is 5.97 Å². The largest absolute Gasteiger partial charge is 0.478 e. The number of carboxylic acid groups (broad SMARTS) is 1. The normalized spacial score (nSPS) is 16.4. The highest BCUT2D eigenvalue weighted by Crippen LogP contribution is 2.36. The molecular formula is C31H30ClN3O3. The van der Waals surface area contributed by atoms with Crippen LogP contribution in [0.1, 0.15) is 35.2 Å². The smallest absolute Gasteiger partial charge is 0.339 e. The summed E-state index contributed by atoms with van der Waals surface area (Å²) in [6.07, 6.45) is 5.35. The van der Waals surface area contributed by atoms with Gasteiger partial charge in [-0.05, 0) is 72.9 Å². The predicted octanol–water partition coefficient (Wildman–Crippen LogP) is 7.07. The lowest BCUT2D eigenvalue weighted by Gasteiger charge is -2.36. The number of nitrogens with one attached hydrogen (secondary N) is 1. The number of halogens is 1. The van der Waals surface area contributed by atoms with Crippen molar-refractivity contribution >= 4 is 39.7 Å². The molecule has 2 N–H and O–H groups in total. The molecule has 194 valence electrons. The number of H-pyrrole nitrogens is 1. The molecular weight excluding hydrogens is 498 g/mol. The molecule has 0 saturated carbocycles. The molecule has 1 aliphatic heterocycles. The number of fused-ring (bicyclic) bond motifs is 1. The van der Waals surface area contributed by atoms with Crippen molar-refractivity contribution in [2.45, 2.75) is 19.3 Å². The number of piperazine rings is 1. The van der Waals surface area contributed by atoms with E-state index in [2.05, 4.69) is 26.9 Å². The number of nitrogens with zero attached hydrogens (tertiary/aromatic N) is 2. The monoisotopic (exact) mass is 527 g/mol. The Morgan fingerprint density at radius 3 is 2.55 bits per heavy atom. The molecule has 4 aromatic rings. The minimum absolute atomic E-state index is 0.155. The van der Waals surface area contributed by atoms with Crippen LogP contribution in [0, 0.1) is 0 Å². The van der Waals surface area contributed by atoms with Crippen molar-refractivity contribution in [2.75, 3.05) is 37.6 Å². The Hall–Kier alpha value is -3.74. The number of hydrogen-bond donors (Lipinski definition) is 2. The van der Waals surface area contributed by atoms with Crippen LogP contribution in [0.25, 0.3) is 16.5 Å². The van der Waals surface area contributed by atoms with Gasteiger partial charge in [0.05, 0.1) is 0 Å². The summed E-state index contributed by atoms with van der Waals surface area (Å²) in [5, 5.41) is 11.5. The lowest BCUT2D eigenvalue weighted by atomic mass is 10.0. The van der Waals surface area contributed by atoms with Crippen LogP contribution in [-0.2, 0) is 0 Å². The predicted molar refractivity (Wildman–Crippen MR) is 153 cm³/mol. The molecule has 1 fully saturated rings. The number of aromatic carboxylic acids is 1. The van der Waals surface area contributed by atoms with Gasteiger partial charge in [0, 0.05) is 66.6 Å². The molecule has 1 saturated heterocycles. The molecule has 6 nitrogen and oxygen atoms in total. The van der Waals surface area contributed by atoms with E-state index in [1.54, 1.807) is 11.6 Å². The number of allylic oxidation sites excluding steroid dienone is 1. The van der Waals surface area contributed by atoms with Crippen LogP contribution < -0.4 is 9.64 Å². The second-order valence-electron chi connectivity index (χ2n) is 9.99. The number of anilines is 1. The van der Waals surface area contributed by atoms with Crippen molar-refractivity contribution in [3.63, 3.8) is 0 Å². The number of carboxylic acids is 1. The Bertz CT molecular complexity index is 1500. The van der Waals surface area contributed by atoms with Crippen LogP contribution in [0.2, 0.25) is 5.02 Å². The lowest BCUT2D eigenvalue weighted by molar-refractivity contribution is 0.0694. The zero-order chi connectivity index (χ0) is 26.1. The third-order valence-corrected chi connectivity index (χ3v) is 7.90. The molecule has 0 unspecified atom stereocenters. The van der Waals surface area contributed by atoms with E-state index in [0.29, 0.717) is 11.5 Å². The molecule has 6 rings (SSSR count). The van der Waals surface area contributed by atoms with E-state index in [1.165, 1.54) is 17.6 Å². The quantitative estimate of drug-likeness (QED) is 0.269. The second kappa shape index (κ2) is 10.6. The van der Waals surface area contributed by atoms with Gasteiger partial charge in [-0.25, -0.2) is 4.79 Å². The molecule has 38 heavy (non-hydrogen) atoms. The number of hydrogen-bond acceptors (Lipinski definition) is 4. The lowest BCUT2D eigenvalue weighted by Crippen LogP contribution is -2.47. The Morgan fingerprint density at radius 2 is 1.76 bits per heavy atom. The van der Waals surface area contributed by atoms with Gasteiger partial charge in [0.2, 0.25) is 0 Å². The van der Waals surface area contributed by atoms with Gasteiger partial charge in [-0.15, -0.1) is 0 Å². The minimum Gasteiger partial charge on any atom is -0.478 e. The van der Waals surface area contributed by atoms with Crippen LogP contribution in [0.15, 0.2) is 78.5 Å². The fourth-order valence-corrected chi connectivity index (χ4v) is 5.77. The summed E-state index contributed by atoms with van der Waals surface area (Å²) in [5.41, 5.74) is 6.40. The number of rotatable bonds is 7. The zero-order valence-corrected chi connectivity index (χ0v) is 21.9. The first kappa shape index (κ1) is 24.6. The summed E-state index contributed by atoms with van der Waals surface area (Å²) < 4.78 is 6.19. The van der Waals surface area contributed by atoms with Gasteiger partial charge in [0.1, 0.15) is 17.1 Å². The van der Waals surface area contributed by atoms with E-state index in [1.807, 2.05) is 54.7 Å². The number of benzene rings is 3. The van der Waals surface area contributed by atoms with Gasteiger partial charge in [-0.1, -0.05) is 35.4 Å². The topological polar surface area (TPSA) is 68.8 Å². The number of aromatic amines is 1. The highest BCUT2D eigenvalue weighted by molar-refractivity contribution is 6.30. The van der Waals surface area contributed by atoms with Gasteiger partial charge < -0.3 is 19.7 Å². The van der Waals surface area contributed by atoms with Gasteiger partial charge in [0.25, 0.3) is 0 Å². The zero-order valence-electron chi connectivity index (χ0n) is 21.1. The molecule has 3 aromatic carbocycles. The standard InChI is InChI=1S/C31H30ClN3O3/c32-23-9-7-21(8-10-23)25-4-1-3-22(25)20-34-15-17-35(18-16-34)24-11-12-27(31(36)37)30(19-24)38-29-6-2-5-28-26(29)13-14-33-28/h2,5-14,19,33H,1,3-4,15-18,20H2,(H,36,37). The Labute approximate surface area is 227 Å². The van der Waals surface area contributed by atoms with Crippen molar-refractivity contribution in [1.29, 1.82) is 0 Å². The molecule has 1 aliphatic carbocycles. The SMILES string of the molecule is O=C(O)c1ccc(N2CCN(CC3=C(c4ccc(Cl)cc4)CCC3)CC2)cc1Oc1cccc2[nH]ccc12. The first-order chi connectivity index (χ1) is 18.5. The molecule has 0 amide bonds. The van der Waals surface area contributed by atoms with E-state index < -0.39 is 5.97 Å². The molecule has 1 aromatic heterocycles. The molecule has 0 spiro atoms. The van der Waals surface area contributed by atoms with Crippen molar-refractivity contribution in [3.8, 4) is 11.5 Å². The molecule has 7 heteroatoms. The highest BCUT2D eigenvalue weighted by atomic mass is 35.5. The van der Waals surface area contributed by atoms with Crippen molar-refractivity contribution in [1.82, 2.24) is 9.88 Å². The first-order valence-corrected chi connectivity index (χ1v) is 13.5. The van der Waals surface area contributed by atoms with Crippen LogP contribution in [-0.4, -0.2) is 53.7 Å². The maximum absolute atomic E-state index is 11.9. The third-order valence-electron chi connectivity index (χ3n) is 7.65. The van der Waals surface area contributed by atoms with E-state index in [9.17, 15) is 9.90 Å². The Balaban J connectivity index is 1.16. The number of aromatic nitrogens is 1. The van der Waals surface area contributed by atoms with Crippen LogP contribution >= 0.6 is 11.6 Å². The minimum atomic E-state index is -1.00. The van der Waals surface area contributed by atoms with Crippen LogP contribution in [0.5, 0.6) is 11.5 Å². The molecule has 2 aliphatic rings. The van der Waals surface area contributed by atoms with Crippen molar-refractivity contribution in [2.24, 2.45) is 0 Å². The summed E-state index contributed by atoms with van der Waals surface area (Å²) in [7, 11) is 0. The van der Waals surface area contributed by atoms with Crippen LogP contribution in [0.4, 0.5) is 5.69 Å². The third kappa shape index (κ3) is 5.02. The molecule has 2 heterocycles. The Morgan fingerprint density at radius 1 is 0.947 bits per heavy atom. The molecule has 0 bridgehead atoms. The summed E-state index contributed by atoms with van der Waals surface area (Å²) in [6, 6.07) is 21.3. The van der Waals surface area contributed by atoms with Gasteiger partial charge in [0.15, 0.2) is 0 Å². The molecule has 0 radical (unpaired) electrons. The maximum Gasteiger partial charge on any atom is 0.339 e. The fraction of sp³-hybridized carbons (Fsp3) is 0.258. The summed E-state index contributed by atoms with van der Waals surface area (Å²) in [5.74, 6) is -0.0108. The molecule has 0 atom stereocenters. The van der Waals surface area contributed by atoms with Gasteiger partial charge in [-0.2, -0.15) is 0 Å². The number of carbonyl (C=O) groups is 1. The van der Waals surface area contributed by atoms with Crippen LogP contribution in [0.3, 0.4) is 0 Å². The average molecular weight is 528 g/mol. The van der Waals surface area contributed by atoms with Gasteiger partial charge in [-0.3, -0.25) is 4.90 Å². The first-order valence-electron chi connectivity index (χ1n) is 13.1. The Kier molecular flexibility index (Phi) is 6.83. The van der Waals surface area contributed by atoms with E-state index >= 15 is 0 Å². The summed E-state index contributed by atoms with van der Waals surface area (Å²) in [4.78, 5) is 20.0. The fourth-order valence-electron chi connectivity index (χ4n) is 5.65. The van der Waals surface area contributed by atoms with E-state index in [4.69, 9.17) is 16.3 Å². The number of ether oxygens (including phenoxy) is 1. The van der Waals surface area contributed by atoms with E-state index in [-0.39, 0.29) is 5.56 Å². The average Bonchev–Trinajstić information content (AvgIpc) is 3.60. The summed E-state index contributed by atoms with van der Waals surface area (Å²) >= 11 is 6.10. The maximum atomic E-state index is 11.9.